The van der Waals surface area contributed by atoms with Gasteiger partial charge in [-0.25, -0.2) is 0 Å². The van der Waals surface area contributed by atoms with Gasteiger partial charge in [0.1, 0.15) is 0 Å². The van der Waals surface area contributed by atoms with Crippen LogP contribution < -0.4 is 10.6 Å². The van der Waals surface area contributed by atoms with Crippen molar-refractivity contribution >= 4 is 106 Å². The molecule has 0 spiro atoms. The van der Waals surface area contributed by atoms with Crippen LogP contribution >= 0.6 is 94.1 Å². The smallest absolute Gasteiger partial charge is 0.220 e. The molecule has 2 atom stereocenters. The van der Waals surface area contributed by atoms with Crippen LogP contribution in [0.1, 0.15) is 88.4 Å². The number of thioether (sulfide) groups is 8. The fourth-order valence-electron chi connectivity index (χ4n) is 4.87. The molecule has 0 bridgehead atoms. The number of carbonyl (C=O) groups is 2. The van der Waals surface area contributed by atoms with Crippen LogP contribution in [0.15, 0.2) is 86.1 Å². The van der Waals surface area contributed by atoms with Gasteiger partial charge in [-0.05, 0) is 74.7 Å². The van der Waals surface area contributed by atoms with Gasteiger partial charge in [0, 0.05) is 12.8 Å². The second-order valence-corrected chi connectivity index (χ2v) is 20.7. The zero-order chi connectivity index (χ0) is 34.1. The van der Waals surface area contributed by atoms with Crippen LogP contribution in [0.4, 0.5) is 0 Å². The number of rotatable bonds is 20. The maximum atomic E-state index is 12.5. The number of hydrogen-bond acceptors (Lipinski definition) is 10. The van der Waals surface area contributed by atoms with Crippen LogP contribution in [0.25, 0.3) is 0 Å². The highest BCUT2D eigenvalue weighted by atomic mass is 32.3. The average molecular weight is 795 g/mol. The number of unbranched alkanes of at least 4 members (excludes halogenated alkanes) is 4. The Morgan fingerprint density at radius 2 is 0.938 bits per heavy atom. The third kappa shape index (κ3) is 13.5. The lowest BCUT2D eigenvalue weighted by atomic mass is 10.1. The van der Waals surface area contributed by atoms with Crippen molar-refractivity contribution in [1.29, 1.82) is 0 Å². The summed E-state index contributed by atoms with van der Waals surface area (Å²) in [5.74, 6) is 2.41. The molecule has 2 aliphatic heterocycles. The van der Waals surface area contributed by atoms with E-state index in [0.29, 0.717) is 12.8 Å². The molecule has 0 aromatic heterocycles. The van der Waals surface area contributed by atoms with Gasteiger partial charge in [0.2, 0.25) is 11.8 Å². The molecule has 0 fully saturated rings. The molecule has 0 saturated carbocycles. The van der Waals surface area contributed by atoms with E-state index in [-0.39, 0.29) is 23.9 Å². The van der Waals surface area contributed by atoms with Crippen molar-refractivity contribution in [1.82, 2.24) is 10.6 Å². The number of nitrogens with one attached hydrogen (secondary N) is 2. The zero-order valence-corrected chi connectivity index (χ0v) is 34.6. The molecule has 2 heterocycles. The lowest BCUT2D eigenvalue weighted by Gasteiger charge is -2.14. The Morgan fingerprint density at radius 1 is 0.562 bits per heavy atom. The first kappa shape index (κ1) is 40.2. The summed E-state index contributed by atoms with van der Waals surface area (Å²) in [7, 11) is 0. The molecule has 4 rings (SSSR count). The predicted molar refractivity (Wildman–Crippen MR) is 226 cm³/mol. The molecule has 4 nitrogen and oxygen atoms in total. The minimum Gasteiger partial charge on any atom is -0.350 e. The molecule has 2 aromatic rings. The van der Waals surface area contributed by atoms with E-state index in [2.05, 4.69) is 47.4 Å². The third-order valence-electron chi connectivity index (χ3n) is 7.53. The average Bonchev–Trinajstić information content (AvgIpc) is 3.72. The summed E-state index contributed by atoms with van der Waals surface area (Å²) in [5, 5.41) is 6.28. The molecule has 0 unspecified atom stereocenters. The van der Waals surface area contributed by atoms with Crippen molar-refractivity contribution in [2.75, 3.05) is 24.0 Å². The predicted octanol–water partition coefficient (Wildman–Crippen LogP) is 12.4. The standard InChI is InChI=1S/C36H46N2O2S8/c1-25(27-17-9-5-10-18-27)37-29(39)21-13-7-15-23-43-33-34(48-36(47-33)35-45-31(41-3)32(42-4)46-35)44-24-16-8-14-22-30(40)38-26(2)28-19-11-6-12-20-28/h5-6,9-12,17-20,25-26H,7-8,13-16,21-24H2,1-4H3,(H,37,39)(H,38,40)/t25-,26-/m0/s1. The van der Waals surface area contributed by atoms with Gasteiger partial charge < -0.3 is 10.6 Å². The van der Waals surface area contributed by atoms with Crippen LogP contribution in [-0.2, 0) is 9.59 Å². The second-order valence-electron chi connectivity index (χ2n) is 11.3. The Hall–Kier alpha value is -0.600. The summed E-state index contributed by atoms with van der Waals surface area (Å²) in [6, 6.07) is 20.4. The van der Waals surface area contributed by atoms with Gasteiger partial charge >= 0.3 is 0 Å². The minimum atomic E-state index is 0.0379. The summed E-state index contributed by atoms with van der Waals surface area (Å²) < 4.78 is 8.52. The summed E-state index contributed by atoms with van der Waals surface area (Å²) in [6.45, 7) is 4.09. The van der Waals surface area contributed by atoms with Gasteiger partial charge in [0.25, 0.3) is 0 Å². The van der Waals surface area contributed by atoms with Crippen molar-refractivity contribution in [3.8, 4) is 0 Å². The maximum absolute atomic E-state index is 12.5. The normalized spacial score (nSPS) is 16.1. The lowest BCUT2D eigenvalue weighted by molar-refractivity contribution is -0.122. The number of amides is 2. The quantitative estimate of drug-likeness (QED) is 0.127. The number of carbonyl (C=O) groups excluding carboxylic acids is 2. The van der Waals surface area contributed by atoms with Crippen LogP contribution in [0.5, 0.6) is 0 Å². The summed E-state index contributed by atoms with van der Waals surface area (Å²) in [6.07, 6.45) is 11.7. The fraction of sp³-hybridized carbons (Fsp3) is 0.444. The van der Waals surface area contributed by atoms with Gasteiger partial charge in [-0.2, -0.15) is 0 Å². The molecule has 48 heavy (non-hydrogen) atoms. The Labute approximate surface area is 322 Å². The molecule has 2 N–H and O–H groups in total. The van der Waals surface area contributed by atoms with Crippen molar-refractivity contribution in [2.24, 2.45) is 0 Å². The van der Waals surface area contributed by atoms with Gasteiger partial charge in [-0.1, -0.05) is 121 Å². The molecule has 2 aromatic carbocycles. The van der Waals surface area contributed by atoms with E-state index in [1.165, 1.54) is 25.4 Å². The van der Waals surface area contributed by atoms with Crippen LogP contribution in [-0.4, -0.2) is 35.8 Å². The number of hydrogen-bond donors (Lipinski definition) is 2. The Morgan fingerprint density at radius 3 is 1.31 bits per heavy atom. The van der Waals surface area contributed by atoms with Crippen molar-refractivity contribution in [2.45, 2.75) is 77.3 Å². The maximum Gasteiger partial charge on any atom is 0.220 e. The molecular formula is C36H46N2O2S8. The molecule has 2 amide bonds. The van der Waals surface area contributed by atoms with Gasteiger partial charge in [-0.3, -0.25) is 9.59 Å². The molecule has 0 radical (unpaired) electrons. The van der Waals surface area contributed by atoms with E-state index in [9.17, 15) is 9.59 Å². The van der Waals surface area contributed by atoms with Gasteiger partial charge in [0.05, 0.1) is 37.5 Å². The second kappa shape index (κ2) is 22.4. The van der Waals surface area contributed by atoms with Crippen LogP contribution in [0, 0.1) is 0 Å². The summed E-state index contributed by atoms with van der Waals surface area (Å²) >= 11 is 15.4. The molecule has 0 saturated heterocycles. The van der Waals surface area contributed by atoms with E-state index in [1.54, 1.807) is 0 Å². The van der Waals surface area contributed by atoms with Crippen molar-refractivity contribution in [3.63, 3.8) is 0 Å². The highest BCUT2D eigenvalue weighted by molar-refractivity contribution is 8.45. The minimum absolute atomic E-state index is 0.0379. The first-order chi connectivity index (χ1) is 23.4. The third-order valence-corrected chi connectivity index (χ3v) is 19.0. The monoisotopic (exact) mass is 794 g/mol. The number of benzene rings is 2. The van der Waals surface area contributed by atoms with Gasteiger partial charge in [-0.15, -0.1) is 47.0 Å². The Balaban J connectivity index is 1.19. The molecule has 0 aliphatic carbocycles. The van der Waals surface area contributed by atoms with Crippen LogP contribution in [0.3, 0.4) is 0 Å². The van der Waals surface area contributed by atoms with Crippen LogP contribution in [0.2, 0.25) is 0 Å². The SMILES string of the molecule is CSC1=C(SC)SC(=C2SC(SCCCCCC(=O)N[C@@H](C)c3ccccc3)=C(SCCCCCC(=O)N[C@@H](C)c3ccccc3)S2)S1. The van der Waals surface area contributed by atoms with E-state index in [0.717, 1.165) is 61.2 Å². The van der Waals surface area contributed by atoms with Gasteiger partial charge in [0.15, 0.2) is 0 Å². The fourth-order valence-corrected chi connectivity index (χ4v) is 16.2. The zero-order valence-electron chi connectivity index (χ0n) is 28.1. The molecular weight excluding hydrogens is 749 g/mol. The largest absolute Gasteiger partial charge is 0.350 e. The Bertz CT molecular complexity index is 1330. The topological polar surface area (TPSA) is 58.2 Å². The first-order valence-corrected chi connectivity index (χ1v) is 24.0. The van der Waals surface area contributed by atoms with Crippen molar-refractivity contribution in [3.05, 3.63) is 97.2 Å². The first-order valence-electron chi connectivity index (χ1n) is 16.3. The van der Waals surface area contributed by atoms with E-state index < -0.39 is 0 Å². The summed E-state index contributed by atoms with van der Waals surface area (Å²) in [4.78, 5) is 25.0. The van der Waals surface area contributed by atoms with E-state index >= 15 is 0 Å². The molecule has 2 aliphatic rings. The summed E-state index contributed by atoms with van der Waals surface area (Å²) in [5.41, 5.74) is 2.28. The van der Waals surface area contributed by atoms with Crippen molar-refractivity contribution < 1.29 is 9.59 Å². The molecule has 12 heteroatoms. The lowest BCUT2D eigenvalue weighted by Crippen LogP contribution is -2.26. The Kier molecular flexibility index (Phi) is 18.7. The van der Waals surface area contributed by atoms with E-state index in [4.69, 9.17) is 0 Å². The molecule has 260 valence electrons. The highest BCUT2D eigenvalue weighted by Gasteiger charge is 2.30. The highest BCUT2D eigenvalue weighted by Crippen LogP contribution is 2.65. The van der Waals surface area contributed by atoms with E-state index in [1.807, 2.05) is 144 Å².